The van der Waals surface area contributed by atoms with Gasteiger partial charge in [-0.1, -0.05) is 13.3 Å². The van der Waals surface area contributed by atoms with E-state index in [4.69, 9.17) is 0 Å². The van der Waals surface area contributed by atoms with Gasteiger partial charge in [-0.25, -0.2) is 4.68 Å². The SMILES string of the molecule is CCc1nn(C)c(NCCCCCC(=O)OC)c1[N+](=O)[O-]. The molecule has 0 aromatic carbocycles. The quantitative estimate of drug-likeness (QED) is 0.324. The second kappa shape index (κ2) is 8.23. The molecule has 0 radical (unpaired) electrons. The molecule has 1 aromatic rings. The molecule has 1 heterocycles. The molecule has 8 heteroatoms. The Balaban J connectivity index is 2.47. The van der Waals surface area contributed by atoms with Crippen molar-refractivity contribution in [3.8, 4) is 0 Å². The van der Waals surface area contributed by atoms with Gasteiger partial charge in [0.25, 0.3) is 0 Å². The highest BCUT2D eigenvalue weighted by Crippen LogP contribution is 2.28. The fourth-order valence-corrected chi connectivity index (χ4v) is 2.08. The van der Waals surface area contributed by atoms with Crippen LogP contribution in [0.2, 0.25) is 0 Å². The van der Waals surface area contributed by atoms with Crippen LogP contribution >= 0.6 is 0 Å². The van der Waals surface area contributed by atoms with E-state index in [9.17, 15) is 14.9 Å². The number of hydrogen-bond donors (Lipinski definition) is 1. The number of unbranched alkanes of at least 4 members (excludes halogenated alkanes) is 2. The molecule has 0 atom stereocenters. The summed E-state index contributed by atoms with van der Waals surface area (Å²) < 4.78 is 6.06. The summed E-state index contributed by atoms with van der Waals surface area (Å²) in [5.41, 5.74) is 0.533. The molecule has 0 bridgehead atoms. The maximum absolute atomic E-state index is 11.1. The lowest BCUT2D eigenvalue weighted by Crippen LogP contribution is -2.08. The number of anilines is 1. The fraction of sp³-hybridized carbons (Fsp3) is 0.692. The zero-order chi connectivity index (χ0) is 15.8. The van der Waals surface area contributed by atoms with Gasteiger partial charge in [0.2, 0.25) is 5.82 Å². The van der Waals surface area contributed by atoms with Gasteiger partial charge >= 0.3 is 11.7 Å². The Bertz CT molecular complexity index is 499. The second-order valence-corrected chi connectivity index (χ2v) is 4.69. The highest BCUT2D eigenvalue weighted by molar-refractivity contribution is 5.68. The predicted molar refractivity (Wildman–Crippen MR) is 78.2 cm³/mol. The second-order valence-electron chi connectivity index (χ2n) is 4.69. The van der Waals surface area contributed by atoms with Crippen molar-refractivity contribution in [1.82, 2.24) is 9.78 Å². The summed E-state index contributed by atoms with van der Waals surface area (Å²) in [6.45, 7) is 2.44. The third kappa shape index (κ3) is 4.73. The average molecular weight is 298 g/mol. The first-order chi connectivity index (χ1) is 10.0. The van der Waals surface area contributed by atoms with Crippen LogP contribution in [0.15, 0.2) is 0 Å². The smallest absolute Gasteiger partial charge is 0.333 e. The van der Waals surface area contributed by atoms with Crippen molar-refractivity contribution >= 4 is 17.5 Å². The van der Waals surface area contributed by atoms with E-state index in [1.807, 2.05) is 6.92 Å². The Kier molecular flexibility index (Phi) is 6.64. The van der Waals surface area contributed by atoms with Crippen LogP contribution in [0.5, 0.6) is 0 Å². The number of esters is 1. The average Bonchev–Trinajstić information content (AvgIpc) is 2.78. The number of rotatable bonds is 9. The molecular formula is C13H22N4O4. The minimum Gasteiger partial charge on any atom is -0.469 e. The van der Waals surface area contributed by atoms with Gasteiger partial charge < -0.3 is 10.1 Å². The van der Waals surface area contributed by atoms with Crippen molar-refractivity contribution < 1.29 is 14.5 Å². The van der Waals surface area contributed by atoms with Gasteiger partial charge in [-0.3, -0.25) is 14.9 Å². The molecular weight excluding hydrogens is 276 g/mol. The summed E-state index contributed by atoms with van der Waals surface area (Å²) in [7, 11) is 3.06. The third-order valence-corrected chi connectivity index (χ3v) is 3.19. The van der Waals surface area contributed by atoms with Gasteiger partial charge in [0.05, 0.1) is 12.0 Å². The summed E-state index contributed by atoms with van der Waals surface area (Å²) in [5, 5.41) is 18.3. The van der Waals surface area contributed by atoms with Gasteiger partial charge in [0.15, 0.2) is 0 Å². The highest BCUT2D eigenvalue weighted by atomic mass is 16.6. The maximum Gasteiger partial charge on any atom is 0.333 e. The van der Waals surface area contributed by atoms with Crippen LogP contribution < -0.4 is 5.32 Å². The lowest BCUT2D eigenvalue weighted by atomic mass is 10.2. The van der Waals surface area contributed by atoms with E-state index in [1.165, 1.54) is 11.8 Å². The number of nitrogens with zero attached hydrogens (tertiary/aromatic N) is 3. The number of carbonyl (C=O) groups is 1. The number of aromatic nitrogens is 2. The Morgan fingerprint density at radius 3 is 2.71 bits per heavy atom. The van der Waals surface area contributed by atoms with Crippen molar-refractivity contribution in [2.75, 3.05) is 19.0 Å². The van der Waals surface area contributed by atoms with E-state index in [0.29, 0.717) is 30.9 Å². The van der Waals surface area contributed by atoms with Gasteiger partial charge in [-0.15, -0.1) is 0 Å². The zero-order valence-corrected chi connectivity index (χ0v) is 12.7. The topological polar surface area (TPSA) is 99.3 Å². The summed E-state index contributed by atoms with van der Waals surface area (Å²) in [5.74, 6) is 0.225. The van der Waals surface area contributed by atoms with Crippen molar-refractivity contribution in [3.05, 3.63) is 15.8 Å². The summed E-state index contributed by atoms with van der Waals surface area (Å²) >= 11 is 0. The number of carbonyl (C=O) groups excluding carboxylic acids is 1. The number of ether oxygens (including phenoxy) is 1. The van der Waals surface area contributed by atoms with Crippen molar-refractivity contribution in [1.29, 1.82) is 0 Å². The minimum absolute atomic E-state index is 0.0505. The number of methoxy groups -OCH3 is 1. The summed E-state index contributed by atoms with van der Waals surface area (Å²) in [6.07, 6.45) is 3.35. The molecule has 1 rings (SSSR count). The lowest BCUT2D eigenvalue weighted by molar-refractivity contribution is -0.384. The van der Waals surface area contributed by atoms with Gasteiger partial charge in [0.1, 0.15) is 5.69 Å². The van der Waals surface area contributed by atoms with Gasteiger partial charge in [-0.05, 0) is 19.3 Å². The molecule has 1 aromatic heterocycles. The van der Waals surface area contributed by atoms with E-state index in [-0.39, 0.29) is 11.7 Å². The van der Waals surface area contributed by atoms with Crippen LogP contribution in [0.25, 0.3) is 0 Å². The number of nitro groups is 1. The van der Waals surface area contributed by atoms with E-state index in [0.717, 1.165) is 19.3 Å². The zero-order valence-electron chi connectivity index (χ0n) is 12.7. The molecule has 0 fully saturated rings. The Labute approximate surface area is 123 Å². The molecule has 0 unspecified atom stereocenters. The fourth-order valence-electron chi connectivity index (χ4n) is 2.08. The molecule has 0 aliphatic rings. The molecule has 8 nitrogen and oxygen atoms in total. The van der Waals surface area contributed by atoms with Gasteiger partial charge in [-0.2, -0.15) is 5.10 Å². The normalized spacial score (nSPS) is 10.4. The molecule has 0 amide bonds. The monoisotopic (exact) mass is 298 g/mol. The first kappa shape index (κ1) is 16.9. The molecule has 0 aliphatic carbocycles. The number of nitrogens with one attached hydrogen (secondary N) is 1. The van der Waals surface area contributed by atoms with E-state index < -0.39 is 4.92 Å². The van der Waals surface area contributed by atoms with Crippen LogP contribution in [0.4, 0.5) is 11.5 Å². The Morgan fingerprint density at radius 1 is 1.43 bits per heavy atom. The predicted octanol–water partition coefficient (Wildman–Crippen LogP) is 2.04. The minimum atomic E-state index is -0.397. The first-order valence-corrected chi connectivity index (χ1v) is 7.02. The standard InChI is InChI=1S/C13H22N4O4/c1-4-10-12(17(19)20)13(16(2)15-10)14-9-7-5-6-8-11(18)21-3/h14H,4-9H2,1-3H3. The van der Waals surface area contributed by atoms with Crippen LogP contribution in [-0.2, 0) is 23.0 Å². The number of aryl methyl sites for hydroxylation is 2. The molecule has 0 aliphatic heterocycles. The van der Waals surface area contributed by atoms with Crippen molar-refractivity contribution in [3.63, 3.8) is 0 Å². The Morgan fingerprint density at radius 2 is 2.14 bits per heavy atom. The molecule has 0 saturated carbocycles. The van der Waals surface area contributed by atoms with Crippen LogP contribution in [0, 0.1) is 10.1 Å². The number of hydrogen-bond acceptors (Lipinski definition) is 6. The maximum atomic E-state index is 11.1. The Hall–Kier alpha value is -2.12. The van der Waals surface area contributed by atoms with Crippen LogP contribution in [0.3, 0.4) is 0 Å². The molecule has 21 heavy (non-hydrogen) atoms. The third-order valence-electron chi connectivity index (χ3n) is 3.19. The van der Waals surface area contributed by atoms with Crippen LogP contribution in [-0.4, -0.2) is 34.3 Å². The van der Waals surface area contributed by atoms with Crippen molar-refractivity contribution in [2.24, 2.45) is 7.05 Å². The largest absolute Gasteiger partial charge is 0.469 e. The molecule has 118 valence electrons. The van der Waals surface area contributed by atoms with Crippen LogP contribution in [0.1, 0.15) is 38.3 Å². The lowest BCUT2D eigenvalue weighted by Gasteiger charge is -2.06. The summed E-state index contributed by atoms with van der Waals surface area (Å²) in [4.78, 5) is 21.7. The van der Waals surface area contributed by atoms with E-state index in [1.54, 1.807) is 7.05 Å². The highest BCUT2D eigenvalue weighted by Gasteiger charge is 2.24. The van der Waals surface area contributed by atoms with E-state index >= 15 is 0 Å². The van der Waals surface area contributed by atoms with Crippen molar-refractivity contribution in [2.45, 2.75) is 39.0 Å². The first-order valence-electron chi connectivity index (χ1n) is 7.02. The summed E-state index contributed by atoms with van der Waals surface area (Å²) in [6, 6.07) is 0. The van der Waals surface area contributed by atoms with Gasteiger partial charge in [0, 0.05) is 20.0 Å². The molecule has 0 saturated heterocycles. The molecule has 1 N–H and O–H groups in total. The van der Waals surface area contributed by atoms with E-state index in [2.05, 4.69) is 15.2 Å². The molecule has 0 spiro atoms.